The molecule has 2 rings (SSSR count). The number of para-hydroxylation sites is 1. The van der Waals surface area contributed by atoms with E-state index >= 15 is 0 Å². The molecule has 3 heteroatoms. The van der Waals surface area contributed by atoms with Gasteiger partial charge >= 0.3 is 0 Å². The molecule has 2 atom stereocenters. The molecule has 0 radical (unpaired) electrons. The van der Waals surface area contributed by atoms with Crippen LogP contribution in [0.3, 0.4) is 0 Å². The summed E-state index contributed by atoms with van der Waals surface area (Å²) in [6.45, 7) is 2.62. The van der Waals surface area contributed by atoms with Crippen molar-refractivity contribution in [1.82, 2.24) is 0 Å². The molecule has 0 saturated heterocycles. The Balaban J connectivity index is 2.22. The maximum Gasteiger partial charge on any atom is 0.202 e. The molecule has 1 aliphatic rings. The summed E-state index contributed by atoms with van der Waals surface area (Å²) in [5, 5.41) is 0. The lowest BCUT2D eigenvalue weighted by molar-refractivity contribution is -0.117. The van der Waals surface area contributed by atoms with E-state index in [0.717, 1.165) is 17.7 Å². The Morgan fingerprint density at radius 3 is 2.93 bits per heavy atom. The maximum absolute atomic E-state index is 5.70. The normalized spacial score (nSPS) is 24.4. The first-order valence-corrected chi connectivity index (χ1v) is 5.25. The van der Waals surface area contributed by atoms with Crippen molar-refractivity contribution in [2.24, 2.45) is 0 Å². The second kappa shape index (κ2) is 4.64. The molecule has 15 heavy (non-hydrogen) atoms. The van der Waals surface area contributed by atoms with Crippen molar-refractivity contribution in [3.63, 3.8) is 0 Å². The fraction of sp³-hybridized carbons (Fsp3) is 0.500. The average Bonchev–Trinajstić information content (AvgIpc) is 2.28. The largest absolute Gasteiger partial charge is 0.464 e. The summed E-state index contributed by atoms with van der Waals surface area (Å²) in [6.07, 6.45) is 0.641. The van der Waals surface area contributed by atoms with Crippen molar-refractivity contribution in [1.29, 1.82) is 0 Å². The highest BCUT2D eigenvalue weighted by atomic mass is 16.7. The maximum atomic E-state index is 5.70. The number of methoxy groups -OCH3 is 1. The number of ether oxygens (including phenoxy) is 3. The summed E-state index contributed by atoms with van der Waals surface area (Å²) >= 11 is 0. The van der Waals surface area contributed by atoms with Crippen molar-refractivity contribution < 1.29 is 14.2 Å². The van der Waals surface area contributed by atoms with Crippen LogP contribution in [0, 0.1) is 0 Å². The van der Waals surface area contributed by atoms with Gasteiger partial charge < -0.3 is 14.2 Å². The zero-order chi connectivity index (χ0) is 10.7. The number of hydrogen-bond donors (Lipinski definition) is 0. The van der Waals surface area contributed by atoms with Gasteiger partial charge in [0.1, 0.15) is 5.75 Å². The van der Waals surface area contributed by atoms with E-state index in [4.69, 9.17) is 14.2 Å². The summed E-state index contributed by atoms with van der Waals surface area (Å²) in [6, 6.07) is 7.94. The van der Waals surface area contributed by atoms with Crippen LogP contribution in [-0.4, -0.2) is 20.0 Å². The first-order chi connectivity index (χ1) is 7.35. The van der Waals surface area contributed by atoms with Gasteiger partial charge in [0.2, 0.25) is 6.29 Å². The lowest BCUT2D eigenvalue weighted by atomic mass is 10.0. The van der Waals surface area contributed by atoms with E-state index in [1.54, 1.807) is 7.11 Å². The van der Waals surface area contributed by atoms with Crippen LogP contribution in [0.1, 0.15) is 25.0 Å². The van der Waals surface area contributed by atoms with E-state index in [1.807, 2.05) is 31.2 Å². The minimum Gasteiger partial charge on any atom is -0.464 e. The third-order valence-corrected chi connectivity index (χ3v) is 2.57. The summed E-state index contributed by atoms with van der Waals surface area (Å²) in [5.41, 5.74) is 1.11. The number of benzene rings is 1. The fourth-order valence-electron chi connectivity index (χ4n) is 1.86. The third kappa shape index (κ3) is 2.13. The van der Waals surface area contributed by atoms with Crippen molar-refractivity contribution in [2.45, 2.75) is 25.7 Å². The molecule has 0 bridgehead atoms. The van der Waals surface area contributed by atoms with E-state index < -0.39 is 0 Å². The molecule has 0 saturated carbocycles. The minimum atomic E-state index is -0.185. The summed E-state index contributed by atoms with van der Waals surface area (Å²) in [5.74, 6) is 0.869. The topological polar surface area (TPSA) is 27.7 Å². The summed E-state index contributed by atoms with van der Waals surface area (Å²) in [4.78, 5) is 0. The van der Waals surface area contributed by atoms with Crippen molar-refractivity contribution in [2.75, 3.05) is 13.7 Å². The number of rotatable bonds is 3. The second-order valence-corrected chi connectivity index (χ2v) is 3.50. The van der Waals surface area contributed by atoms with Crippen molar-refractivity contribution in [3.8, 4) is 5.75 Å². The minimum absolute atomic E-state index is 0.0755. The molecule has 0 amide bonds. The molecule has 0 unspecified atom stereocenters. The average molecular weight is 208 g/mol. The second-order valence-electron chi connectivity index (χ2n) is 3.50. The molecule has 1 aliphatic heterocycles. The van der Waals surface area contributed by atoms with Crippen LogP contribution in [0.15, 0.2) is 24.3 Å². The van der Waals surface area contributed by atoms with Crippen LogP contribution in [0.25, 0.3) is 0 Å². The molecule has 1 heterocycles. The third-order valence-electron chi connectivity index (χ3n) is 2.57. The lowest BCUT2D eigenvalue weighted by Gasteiger charge is -2.30. The lowest BCUT2D eigenvalue weighted by Crippen LogP contribution is -2.28. The molecule has 1 aromatic rings. The predicted molar refractivity (Wildman–Crippen MR) is 56.9 cm³/mol. The van der Waals surface area contributed by atoms with Gasteiger partial charge in [-0.05, 0) is 13.0 Å². The number of fused-ring (bicyclic) bond motifs is 1. The Kier molecular flexibility index (Phi) is 3.23. The van der Waals surface area contributed by atoms with Gasteiger partial charge in [-0.15, -0.1) is 0 Å². The SMILES string of the molecule is CCO[C@H]1C[C@@H](OC)c2ccccc2O1. The molecule has 3 nitrogen and oxygen atoms in total. The first kappa shape index (κ1) is 10.5. The summed E-state index contributed by atoms with van der Waals surface area (Å²) < 4.78 is 16.6. The van der Waals surface area contributed by atoms with E-state index in [-0.39, 0.29) is 12.4 Å². The zero-order valence-electron chi connectivity index (χ0n) is 9.10. The standard InChI is InChI=1S/C12H16O3/c1-3-14-12-8-11(13-2)9-6-4-5-7-10(9)15-12/h4-7,11-12H,3,8H2,1-2H3/t11-,12-/m1/s1. The van der Waals surface area contributed by atoms with Crippen LogP contribution >= 0.6 is 0 Å². The predicted octanol–water partition coefficient (Wildman–Crippen LogP) is 2.52. The molecule has 1 aromatic carbocycles. The highest BCUT2D eigenvalue weighted by molar-refractivity contribution is 5.36. The quantitative estimate of drug-likeness (QED) is 0.764. The van der Waals surface area contributed by atoms with Crippen LogP contribution in [0.2, 0.25) is 0 Å². The van der Waals surface area contributed by atoms with E-state index in [1.165, 1.54) is 0 Å². The van der Waals surface area contributed by atoms with E-state index in [0.29, 0.717) is 6.61 Å². The molecular formula is C12H16O3. The Bertz CT molecular complexity index is 324. The fourth-order valence-corrected chi connectivity index (χ4v) is 1.86. The molecule has 0 aromatic heterocycles. The van der Waals surface area contributed by atoms with Gasteiger partial charge in [0, 0.05) is 25.7 Å². The molecule has 0 aliphatic carbocycles. The zero-order valence-corrected chi connectivity index (χ0v) is 9.10. The monoisotopic (exact) mass is 208 g/mol. The first-order valence-electron chi connectivity index (χ1n) is 5.25. The highest BCUT2D eigenvalue weighted by Gasteiger charge is 2.27. The van der Waals surface area contributed by atoms with Crippen molar-refractivity contribution >= 4 is 0 Å². The van der Waals surface area contributed by atoms with Gasteiger partial charge in [0.15, 0.2) is 0 Å². The van der Waals surface area contributed by atoms with Crippen LogP contribution in [0.4, 0.5) is 0 Å². The van der Waals surface area contributed by atoms with Gasteiger partial charge in [-0.3, -0.25) is 0 Å². The van der Waals surface area contributed by atoms with Gasteiger partial charge in [0.05, 0.1) is 6.10 Å². The van der Waals surface area contributed by atoms with Crippen molar-refractivity contribution in [3.05, 3.63) is 29.8 Å². The van der Waals surface area contributed by atoms with Gasteiger partial charge in [-0.1, -0.05) is 18.2 Å². The Morgan fingerprint density at radius 1 is 1.40 bits per heavy atom. The Morgan fingerprint density at radius 2 is 2.20 bits per heavy atom. The smallest absolute Gasteiger partial charge is 0.202 e. The Hall–Kier alpha value is -1.06. The van der Waals surface area contributed by atoms with E-state index in [9.17, 15) is 0 Å². The van der Waals surface area contributed by atoms with Gasteiger partial charge in [-0.25, -0.2) is 0 Å². The van der Waals surface area contributed by atoms with Crippen LogP contribution < -0.4 is 4.74 Å². The highest BCUT2D eigenvalue weighted by Crippen LogP contribution is 2.36. The molecule has 0 spiro atoms. The summed E-state index contributed by atoms with van der Waals surface area (Å²) in [7, 11) is 1.72. The Labute approximate surface area is 90.0 Å². The van der Waals surface area contributed by atoms with Crippen LogP contribution in [0.5, 0.6) is 5.75 Å². The van der Waals surface area contributed by atoms with E-state index in [2.05, 4.69) is 0 Å². The number of hydrogen-bond acceptors (Lipinski definition) is 3. The molecule has 0 N–H and O–H groups in total. The molecule has 82 valence electrons. The molecule has 0 fully saturated rings. The van der Waals surface area contributed by atoms with Crippen LogP contribution in [-0.2, 0) is 9.47 Å². The van der Waals surface area contributed by atoms with Gasteiger partial charge in [-0.2, -0.15) is 0 Å². The van der Waals surface area contributed by atoms with Gasteiger partial charge in [0.25, 0.3) is 0 Å². The molecular weight excluding hydrogens is 192 g/mol.